The number of amides is 2. The average molecular weight is 373 g/mol. The van der Waals surface area contributed by atoms with Crippen molar-refractivity contribution in [2.45, 2.75) is 13.8 Å². The van der Waals surface area contributed by atoms with Crippen LogP contribution in [0.5, 0.6) is 0 Å². The lowest BCUT2D eigenvalue weighted by Gasteiger charge is -2.36. The molecule has 0 radical (unpaired) electrons. The molecule has 9 heteroatoms. The van der Waals surface area contributed by atoms with E-state index in [0.29, 0.717) is 44.5 Å². The van der Waals surface area contributed by atoms with Crippen LogP contribution in [0.2, 0.25) is 0 Å². The lowest BCUT2D eigenvalue weighted by atomic mass is 10.1. The molecule has 2 amide bonds. The van der Waals surface area contributed by atoms with Crippen LogP contribution in [0.25, 0.3) is 11.4 Å². The van der Waals surface area contributed by atoms with E-state index in [2.05, 4.69) is 20.4 Å². The monoisotopic (exact) mass is 373 g/mol. The number of nitrogens with zero attached hydrogens (tertiary/aromatic N) is 4. The molecule has 0 spiro atoms. The number of ether oxygens (including phenoxy) is 1. The number of urea groups is 1. The maximum atomic E-state index is 12.1. The van der Waals surface area contributed by atoms with Crippen LogP contribution in [0.1, 0.15) is 12.8 Å². The maximum absolute atomic E-state index is 12.1. The number of benzene rings is 1. The highest BCUT2D eigenvalue weighted by atomic mass is 16.5. The minimum absolute atomic E-state index is 0.107. The number of piperazine rings is 1. The quantitative estimate of drug-likeness (QED) is 0.792. The molecule has 3 rings (SSSR count). The van der Waals surface area contributed by atoms with Gasteiger partial charge >= 0.3 is 12.0 Å². The van der Waals surface area contributed by atoms with E-state index < -0.39 is 5.97 Å². The summed E-state index contributed by atoms with van der Waals surface area (Å²) in [6.45, 7) is 6.28. The number of nitrogens with one attached hydrogen (secondary N) is 1. The average Bonchev–Trinajstić information content (AvgIpc) is 3.13. The first-order valence-corrected chi connectivity index (χ1v) is 8.91. The van der Waals surface area contributed by atoms with Gasteiger partial charge in [0.25, 0.3) is 0 Å². The van der Waals surface area contributed by atoms with E-state index in [-0.39, 0.29) is 12.6 Å². The SMILES string of the molecule is CCOC(=O)CNC(=O)N1CCN(c2ccc(-c3noc(C)n3)cc2)CC1. The number of rotatable bonds is 5. The summed E-state index contributed by atoms with van der Waals surface area (Å²) in [6, 6.07) is 7.69. The fourth-order valence-electron chi connectivity index (χ4n) is 2.88. The molecule has 1 aromatic carbocycles. The van der Waals surface area contributed by atoms with Crippen molar-refractivity contribution in [3.05, 3.63) is 30.2 Å². The molecule has 0 aliphatic carbocycles. The van der Waals surface area contributed by atoms with Gasteiger partial charge in [-0.25, -0.2) is 4.79 Å². The van der Waals surface area contributed by atoms with E-state index in [4.69, 9.17) is 9.26 Å². The summed E-state index contributed by atoms with van der Waals surface area (Å²) in [5.74, 6) is 0.676. The molecule has 1 aromatic heterocycles. The zero-order valence-electron chi connectivity index (χ0n) is 15.5. The molecule has 1 saturated heterocycles. The predicted octanol–water partition coefficient (Wildman–Crippen LogP) is 1.44. The van der Waals surface area contributed by atoms with Gasteiger partial charge in [0.15, 0.2) is 0 Å². The van der Waals surface area contributed by atoms with E-state index in [9.17, 15) is 9.59 Å². The van der Waals surface area contributed by atoms with Gasteiger partial charge in [-0.3, -0.25) is 4.79 Å². The van der Waals surface area contributed by atoms with Crippen LogP contribution < -0.4 is 10.2 Å². The molecule has 0 saturated carbocycles. The Morgan fingerprint density at radius 2 is 1.89 bits per heavy atom. The summed E-state index contributed by atoms with van der Waals surface area (Å²) < 4.78 is 9.81. The van der Waals surface area contributed by atoms with Crippen LogP contribution >= 0.6 is 0 Å². The van der Waals surface area contributed by atoms with Crippen molar-refractivity contribution in [2.75, 3.05) is 44.2 Å². The molecular formula is C18H23N5O4. The van der Waals surface area contributed by atoms with Gasteiger partial charge in [0.1, 0.15) is 6.54 Å². The zero-order chi connectivity index (χ0) is 19.2. The Balaban J connectivity index is 1.50. The first kappa shape index (κ1) is 18.7. The normalized spacial score (nSPS) is 14.1. The molecule has 1 N–H and O–H groups in total. The molecule has 2 heterocycles. The summed E-state index contributed by atoms with van der Waals surface area (Å²) in [4.78, 5) is 31.6. The molecule has 2 aromatic rings. The number of anilines is 1. The number of hydrogen-bond donors (Lipinski definition) is 1. The van der Waals surface area contributed by atoms with Crippen molar-refractivity contribution >= 4 is 17.7 Å². The Bertz CT molecular complexity index is 781. The molecule has 0 bridgehead atoms. The molecule has 1 aliphatic heterocycles. The highest BCUT2D eigenvalue weighted by Gasteiger charge is 2.21. The topological polar surface area (TPSA) is 101 Å². The Morgan fingerprint density at radius 1 is 1.19 bits per heavy atom. The second-order valence-corrected chi connectivity index (χ2v) is 6.12. The van der Waals surface area contributed by atoms with Crippen LogP contribution in [0.4, 0.5) is 10.5 Å². The molecule has 1 fully saturated rings. The van der Waals surface area contributed by atoms with Crippen molar-refractivity contribution in [2.24, 2.45) is 0 Å². The first-order chi connectivity index (χ1) is 13.1. The third-order valence-electron chi connectivity index (χ3n) is 4.27. The van der Waals surface area contributed by atoms with Gasteiger partial charge < -0.3 is 24.4 Å². The highest BCUT2D eigenvalue weighted by molar-refractivity contribution is 5.81. The van der Waals surface area contributed by atoms with Crippen LogP contribution in [-0.2, 0) is 9.53 Å². The summed E-state index contributed by atoms with van der Waals surface area (Å²) >= 11 is 0. The second-order valence-electron chi connectivity index (χ2n) is 6.12. The number of hydrogen-bond acceptors (Lipinski definition) is 7. The van der Waals surface area contributed by atoms with Crippen LogP contribution in [-0.4, -0.2) is 66.4 Å². The summed E-state index contributed by atoms with van der Waals surface area (Å²) in [5, 5.41) is 6.51. The number of carbonyl (C=O) groups excluding carboxylic acids is 2. The third-order valence-corrected chi connectivity index (χ3v) is 4.27. The van der Waals surface area contributed by atoms with Gasteiger partial charge in [0, 0.05) is 44.4 Å². The minimum Gasteiger partial charge on any atom is -0.465 e. The van der Waals surface area contributed by atoms with Gasteiger partial charge in [0.05, 0.1) is 6.61 Å². The van der Waals surface area contributed by atoms with E-state index in [0.717, 1.165) is 11.3 Å². The maximum Gasteiger partial charge on any atom is 0.325 e. The fourth-order valence-corrected chi connectivity index (χ4v) is 2.88. The smallest absolute Gasteiger partial charge is 0.325 e. The molecule has 0 unspecified atom stereocenters. The number of aryl methyl sites for hydroxylation is 1. The molecule has 1 aliphatic rings. The summed E-state index contributed by atoms with van der Waals surface area (Å²) in [5.41, 5.74) is 1.97. The zero-order valence-corrected chi connectivity index (χ0v) is 15.5. The van der Waals surface area contributed by atoms with Crippen molar-refractivity contribution < 1.29 is 18.8 Å². The lowest BCUT2D eigenvalue weighted by Crippen LogP contribution is -2.52. The van der Waals surface area contributed by atoms with Crippen molar-refractivity contribution in [3.8, 4) is 11.4 Å². The van der Waals surface area contributed by atoms with Gasteiger partial charge in [-0.2, -0.15) is 4.98 Å². The molecule has 27 heavy (non-hydrogen) atoms. The number of esters is 1. The van der Waals surface area contributed by atoms with Crippen LogP contribution in [0.15, 0.2) is 28.8 Å². The Kier molecular flexibility index (Phi) is 5.90. The lowest BCUT2D eigenvalue weighted by molar-refractivity contribution is -0.141. The Morgan fingerprint density at radius 3 is 2.48 bits per heavy atom. The fraction of sp³-hybridized carbons (Fsp3) is 0.444. The van der Waals surface area contributed by atoms with Gasteiger partial charge in [-0.15, -0.1) is 0 Å². The second kappa shape index (κ2) is 8.52. The van der Waals surface area contributed by atoms with Gasteiger partial charge in [0.2, 0.25) is 11.7 Å². The van der Waals surface area contributed by atoms with Gasteiger partial charge in [-0.1, -0.05) is 5.16 Å². The predicted molar refractivity (Wildman–Crippen MR) is 98.3 cm³/mol. The van der Waals surface area contributed by atoms with E-state index >= 15 is 0 Å². The van der Waals surface area contributed by atoms with E-state index in [1.54, 1.807) is 18.7 Å². The first-order valence-electron chi connectivity index (χ1n) is 8.91. The highest BCUT2D eigenvalue weighted by Crippen LogP contribution is 2.22. The standard InChI is InChI=1S/C18H23N5O4/c1-3-26-16(24)12-19-18(25)23-10-8-22(9-11-23)15-6-4-14(5-7-15)17-20-13(2)27-21-17/h4-7H,3,8-12H2,1-2H3,(H,19,25). The molecule has 144 valence electrons. The van der Waals surface area contributed by atoms with Crippen molar-refractivity contribution in [3.63, 3.8) is 0 Å². The van der Waals surface area contributed by atoms with Crippen LogP contribution in [0, 0.1) is 6.92 Å². The minimum atomic E-state index is -0.429. The van der Waals surface area contributed by atoms with E-state index in [1.807, 2.05) is 24.3 Å². The summed E-state index contributed by atoms with van der Waals surface area (Å²) in [6.07, 6.45) is 0. The summed E-state index contributed by atoms with van der Waals surface area (Å²) in [7, 11) is 0. The van der Waals surface area contributed by atoms with Crippen LogP contribution in [0.3, 0.4) is 0 Å². The Labute approximate surface area is 157 Å². The third kappa shape index (κ3) is 4.75. The molecule has 9 nitrogen and oxygen atoms in total. The van der Waals surface area contributed by atoms with Crippen molar-refractivity contribution in [1.29, 1.82) is 0 Å². The van der Waals surface area contributed by atoms with E-state index in [1.165, 1.54) is 0 Å². The number of carbonyl (C=O) groups is 2. The number of aromatic nitrogens is 2. The Hall–Kier alpha value is -3.10. The van der Waals surface area contributed by atoms with Crippen molar-refractivity contribution in [1.82, 2.24) is 20.4 Å². The van der Waals surface area contributed by atoms with Gasteiger partial charge in [-0.05, 0) is 31.2 Å². The molecular weight excluding hydrogens is 350 g/mol. The molecule has 0 atom stereocenters. The largest absolute Gasteiger partial charge is 0.465 e.